The van der Waals surface area contributed by atoms with Gasteiger partial charge in [0, 0.05) is 5.25 Å². The molecule has 0 radical (unpaired) electrons. The maximum atomic E-state index is 11.6. The molecule has 0 aliphatic heterocycles. The van der Waals surface area contributed by atoms with Gasteiger partial charge in [0.25, 0.3) is 0 Å². The van der Waals surface area contributed by atoms with Crippen LogP contribution >= 0.6 is 20.5 Å². The Morgan fingerprint density at radius 2 is 1.69 bits per heavy atom. The van der Waals surface area contributed by atoms with E-state index in [2.05, 4.69) is 12.6 Å². The van der Waals surface area contributed by atoms with E-state index in [4.69, 9.17) is 13.6 Å². The summed E-state index contributed by atoms with van der Waals surface area (Å²) in [5.41, 5.74) is 0. The fraction of sp³-hybridized carbons (Fsp3) is 1.00. The molecule has 0 spiro atoms. The highest BCUT2D eigenvalue weighted by Gasteiger charge is 2.25. The summed E-state index contributed by atoms with van der Waals surface area (Å²) in [6.07, 6.45) is 0. The van der Waals surface area contributed by atoms with Crippen molar-refractivity contribution in [1.29, 1.82) is 0 Å². The monoisotopic (exact) mass is 228 g/mol. The number of thiol groups is 1. The molecule has 4 nitrogen and oxygen atoms in total. The Morgan fingerprint density at radius 1 is 1.23 bits per heavy atom. The Bertz CT molecular complexity index is 164. The highest BCUT2D eigenvalue weighted by molar-refractivity contribution is 7.81. The molecule has 0 fully saturated rings. The van der Waals surface area contributed by atoms with Crippen molar-refractivity contribution in [2.24, 2.45) is 0 Å². The number of hydrogen-bond acceptors (Lipinski definition) is 5. The van der Waals surface area contributed by atoms with Crippen LogP contribution < -0.4 is 0 Å². The van der Waals surface area contributed by atoms with Crippen LogP contribution in [0.3, 0.4) is 0 Å². The van der Waals surface area contributed by atoms with Gasteiger partial charge in [-0.3, -0.25) is 13.6 Å². The van der Waals surface area contributed by atoms with Crippen molar-refractivity contribution in [1.82, 2.24) is 0 Å². The topological polar surface area (TPSA) is 44.8 Å². The summed E-state index contributed by atoms with van der Waals surface area (Å²) in [5, 5.41) is 0.00855. The lowest BCUT2D eigenvalue weighted by Crippen LogP contribution is -2.07. The first-order valence-corrected chi connectivity index (χ1v) is 6.23. The second-order valence-corrected chi connectivity index (χ2v) is 4.98. The first-order valence-electron chi connectivity index (χ1n) is 4.25. The van der Waals surface area contributed by atoms with E-state index >= 15 is 0 Å². The van der Waals surface area contributed by atoms with Gasteiger partial charge >= 0.3 is 7.82 Å². The van der Waals surface area contributed by atoms with E-state index in [9.17, 15) is 4.57 Å². The van der Waals surface area contributed by atoms with E-state index in [0.29, 0.717) is 13.2 Å². The zero-order valence-electron chi connectivity index (χ0n) is 8.23. The highest BCUT2D eigenvalue weighted by Crippen LogP contribution is 2.49. The van der Waals surface area contributed by atoms with Gasteiger partial charge in [-0.2, -0.15) is 12.6 Å². The molecule has 13 heavy (non-hydrogen) atoms. The van der Waals surface area contributed by atoms with Crippen molar-refractivity contribution in [3.63, 3.8) is 0 Å². The van der Waals surface area contributed by atoms with Crippen molar-refractivity contribution in [2.45, 2.75) is 26.0 Å². The molecule has 0 aromatic rings. The minimum atomic E-state index is -3.32. The van der Waals surface area contributed by atoms with Crippen LogP contribution in [0.1, 0.15) is 20.8 Å². The van der Waals surface area contributed by atoms with Gasteiger partial charge in [0.2, 0.25) is 0 Å². The smallest absolute Gasteiger partial charge is 0.287 e. The molecule has 0 heterocycles. The molecule has 0 aromatic carbocycles. The van der Waals surface area contributed by atoms with Gasteiger partial charge in [0.1, 0.15) is 0 Å². The molecule has 0 rings (SSSR count). The Kier molecular flexibility index (Phi) is 7.09. The first kappa shape index (κ1) is 13.5. The molecular weight excluding hydrogens is 211 g/mol. The summed E-state index contributed by atoms with van der Waals surface area (Å²) in [7, 11) is -3.32. The maximum Gasteiger partial charge on any atom is 0.474 e. The summed E-state index contributed by atoms with van der Waals surface area (Å²) >= 11 is 4.09. The summed E-state index contributed by atoms with van der Waals surface area (Å²) in [4.78, 5) is 0. The predicted octanol–water partition coefficient (Wildman–Crippen LogP) is 2.50. The van der Waals surface area contributed by atoms with Crippen LogP contribution in [0.15, 0.2) is 0 Å². The molecule has 0 saturated carbocycles. The SMILES string of the molecule is CCOP(=O)(OCC)OCC(C)S. The molecule has 0 N–H and O–H groups in total. The van der Waals surface area contributed by atoms with E-state index < -0.39 is 7.82 Å². The minimum Gasteiger partial charge on any atom is -0.287 e. The van der Waals surface area contributed by atoms with Crippen LogP contribution in [-0.4, -0.2) is 25.1 Å². The molecule has 0 amide bonds. The van der Waals surface area contributed by atoms with Crippen molar-refractivity contribution in [2.75, 3.05) is 19.8 Å². The normalized spacial score (nSPS) is 14.5. The number of rotatable bonds is 7. The second-order valence-electron chi connectivity index (χ2n) is 2.43. The Balaban J connectivity index is 3.99. The number of phosphoric ester groups is 1. The third kappa shape index (κ3) is 6.52. The Hall–Kier alpha value is 0.460. The Morgan fingerprint density at radius 3 is 2.00 bits per heavy atom. The van der Waals surface area contributed by atoms with Crippen molar-refractivity contribution < 1.29 is 18.1 Å². The van der Waals surface area contributed by atoms with Crippen LogP contribution in [0.4, 0.5) is 0 Å². The molecule has 6 heteroatoms. The van der Waals surface area contributed by atoms with Crippen molar-refractivity contribution in [3.8, 4) is 0 Å². The second kappa shape index (κ2) is 6.85. The van der Waals surface area contributed by atoms with Gasteiger partial charge in [-0.05, 0) is 13.8 Å². The quantitative estimate of drug-likeness (QED) is 0.537. The van der Waals surface area contributed by atoms with Crippen LogP contribution in [-0.2, 0) is 18.1 Å². The largest absolute Gasteiger partial charge is 0.474 e. The average molecular weight is 228 g/mol. The third-order valence-corrected chi connectivity index (χ3v) is 2.81. The third-order valence-electron chi connectivity index (χ3n) is 1.05. The van der Waals surface area contributed by atoms with Crippen LogP contribution in [0.5, 0.6) is 0 Å². The fourth-order valence-corrected chi connectivity index (χ4v) is 2.08. The lowest BCUT2D eigenvalue weighted by Gasteiger charge is -2.16. The predicted molar refractivity (Wildman–Crippen MR) is 55.3 cm³/mol. The van der Waals surface area contributed by atoms with E-state index in [1.165, 1.54) is 0 Å². The van der Waals surface area contributed by atoms with Gasteiger partial charge in [0.05, 0.1) is 19.8 Å². The molecule has 0 aromatic heterocycles. The van der Waals surface area contributed by atoms with Crippen LogP contribution in [0.2, 0.25) is 0 Å². The van der Waals surface area contributed by atoms with E-state index in [1.807, 2.05) is 6.92 Å². The van der Waals surface area contributed by atoms with Gasteiger partial charge in [-0.1, -0.05) is 6.92 Å². The standard InChI is InChI=1S/C7H17O4PS/c1-4-9-12(8,10-5-2)11-6-7(3)13/h7,13H,4-6H2,1-3H3. The molecule has 80 valence electrons. The van der Waals surface area contributed by atoms with Crippen LogP contribution in [0.25, 0.3) is 0 Å². The van der Waals surface area contributed by atoms with Crippen LogP contribution in [0, 0.1) is 0 Å². The van der Waals surface area contributed by atoms with E-state index in [1.54, 1.807) is 13.8 Å². The lowest BCUT2D eigenvalue weighted by molar-refractivity contribution is 0.123. The Labute approximate surface area is 85.0 Å². The van der Waals surface area contributed by atoms with Crippen molar-refractivity contribution >= 4 is 20.5 Å². The molecular formula is C7H17O4PS. The highest BCUT2D eigenvalue weighted by atomic mass is 32.1. The van der Waals surface area contributed by atoms with Gasteiger partial charge < -0.3 is 0 Å². The van der Waals surface area contributed by atoms with Gasteiger partial charge in [-0.15, -0.1) is 0 Å². The average Bonchev–Trinajstić information content (AvgIpc) is 2.02. The fourth-order valence-electron chi connectivity index (χ4n) is 0.627. The van der Waals surface area contributed by atoms with E-state index in [-0.39, 0.29) is 11.9 Å². The molecule has 0 aliphatic rings. The molecule has 1 unspecified atom stereocenters. The zero-order chi connectivity index (χ0) is 10.3. The van der Waals surface area contributed by atoms with Gasteiger partial charge in [0.15, 0.2) is 0 Å². The number of phosphoric acid groups is 1. The molecule has 0 aliphatic carbocycles. The molecule has 0 saturated heterocycles. The minimum absolute atomic E-state index is 0.00855. The first-order chi connectivity index (χ1) is 6.04. The van der Waals surface area contributed by atoms with E-state index in [0.717, 1.165) is 0 Å². The lowest BCUT2D eigenvalue weighted by atomic mass is 10.5. The molecule has 0 bridgehead atoms. The maximum absolute atomic E-state index is 11.6. The van der Waals surface area contributed by atoms with Crippen molar-refractivity contribution in [3.05, 3.63) is 0 Å². The summed E-state index contributed by atoms with van der Waals surface area (Å²) in [6, 6.07) is 0. The van der Waals surface area contributed by atoms with Gasteiger partial charge in [-0.25, -0.2) is 4.57 Å². The molecule has 1 atom stereocenters. The summed E-state index contributed by atoms with van der Waals surface area (Å²) < 4.78 is 26.4. The zero-order valence-corrected chi connectivity index (χ0v) is 10.0. The summed E-state index contributed by atoms with van der Waals surface area (Å²) in [5.74, 6) is 0. The summed E-state index contributed by atoms with van der Waals surface area (Å²) in [6.45, 7) is 6.17. The number of hydrogen-bond donors (Lipinski definition) is 1.